The van der Waals surface area contributed by atoms with Crippen molar-refractivity contribution in [3.63, 3.8) is 0 Å². The van der Waals surface area contributed by atoms with Crippen LogP contribution in [-0.4, -0.2) is 25.5 Å². The van der Waals surface area contributed by atoms with Crippen LogP contribution in [0.15, 0.2) is 41.4 Å². The number of rotatable bonds is 4. The van der Waals surface area contributed by atoms with Crippen molar-refractivity contribution in [3.05, 3.63) is 47.5 Å². The number of methoxy groups -OCH3 is 1. The van der Waals surface area contributed by atoms with Crippen molar-refractivity contribution in [1.82, 2.24) is 0 Å². The Morgan fingerprint density at radius 2 is 1.95 bits per heavy atom. The maximum absolute atomic E-state index is 10.2. The van der Waals surface area contributed by atoms with Crippen molar-refractivity contribution in [2.45, 2.75) is 6.92 Å². The molecule has 0 saturated carbocycles. The lowest BCUT2D eigenvalue weighted by Crippen LogP contribution is -2.12. The highest BCUT2D eigenvalue weighted by Crippen LogP contribution is 2.29. The summed E-state index contributed by atoms with van der Waals surface area (Å²) in [4.78, 5) is 4.10. The van der Waals surface area contributed by atoms with E-state index in [-0.39, 0.29) is 5.75 Å². The van der Waals surface area contributed by atoms with E-state index in [1.165, 1.54) is 10.9 Å². The van der Waals surface area contributed by atoms with E-state index in [2.05, 4.69) is 18.0 Å². The van der Waals surface area contributed by atoms with Crippen LogP contribution in [0.5, 0.6) is 11.5 Å². The number of para-hydroxylation sites is 1. The van der Waals surface area contributed by atoms with E-state index in [1.54, 1.807) is 20.2 Å². The van der Waals surface area contributed by atoms with E-state index in [9.17, 15) is 5.11 Å². The fraction of sp³-hybridized carbons (Fsp3) is 0.188. The van der Waals surface area contributed by atoms with Gasteiger partial charge in [0.2, 0.25) is 0 Å². The molecular formula is C16H18NO2P. The molecular weight excluding hydrogens is 269 g/mol. The Balaban J connectivity index is 2.45. The van der Waals surface area contributed by atoms with Crippen molar-refractivity contribution in [2.24, 2.45) is 4.99 Å². The van der Waals surface area contributed by atoms with Gasteiger partial charge in [-0.3, -0.25) is 4.99 Å². The van der Waals surface area contributed by atoms with Gasteiger partial charge in [-0.2, -0.15) is 0 Å². The van der Waals surface area contributed by atoms with Gasteiger partial charge in [0.1, 0.15) is 0 Å². The number of hydrogen-bond donors (Lipinski definition) is 1. The number of aliphatic imine (C=N–C) groups is 1. The molecule has 0 aliphatic rings. The van der Waals surface area contributed by atoms with E-state index >= 15 is 0 Å². The molecule has 0 bridgehead atoms. The fourth-order valence-electron chi connectivity index (χ4n) is 2.03. The first-order valence-electron chi connectivity index (χ1n) is 6.32. The fourth-order valence-corrected chi connectivity index (χ4v) is 3.29. The van der Waals surface area contributed by atoms with Crippen molar-refractivity contribution >= 4 is 25.4 Å². The van der Waals surface area contributed by atoms with Crippen molar-refractivity contribution in [3.8, 4) is 11.5 Å². The summed E-state index contributed by atoms with van der Waals surface area (Å²) in [5, 5.41) is 12.3. The molecule has 0 fully saturated rings. The first kappa shape index (κ1) is 14.5. The molecule has 1 N–H and O–H groups in total. The first-order valence-corrected chi connectivity index (χ1v) is 7.32. The highest BCUT2D eigenvalue weighted by atomic mass is 31.1. The van der Waals surface area contributed by atoms with Crippen LogP contribution in [0.1, 0.15) is 11.1 Å². The molecule has 0 aliphatic heterocycles. The monoisotopic (exact) mass is 287 g/mol. The van der Waals surface area contributed by atoms with Gasteiger partial charge in [0, 0.05) is 24.1 Å². The normalized spacial score (nSPS) is 11.6. The van der Waals surface area contributed by atoms with Crippen molar-refractivity contribution < 1.29 is 9.84 Å². The molecule has 1 atom stereocenters. The van der Waals surface area contributed by atoms with Gasteiger partial charge < -0.3 is 9.84 Å². The average Bonchev–Trinajstić information content (AvgIpc) is 2.44. The molecule has 2 aromatic rings. The molecule has 0 spiro atoms. The van der Waals surface area contributed by atoms with Gasteiger partial charge in [-0.25, -0.2) is 0 Å². The molecule has 104 valence electrons. The largest absolute Gasteiger partial charge is 0.504 e. The zero-order valence-corrected chi connectivity index (χ0v) is 12.8. The molecule has 0 radical (unpaired) electrons. The minimum absolute atomic E-state index is 0.218. The number of ether oxygens (including phenoxy) is 1. The lowest BCUT2D eigenvalue weighted by Gasteiger charge is -2.12. The molecule has 20 heavy (non-hydrogen) atoms. The van der Waals surface area contributed by atoms with Gasteiger partial charge in [0.25, 0.3) is 0 Å². The third-order valence-corrected chi connectivity index (χ3v) is 4.66. The first-order chi connectivity index (χ1) is 9.67. The Bertz CT molecular complexity index is 638. The predicted molar refractivity (Wildman–Crippen MR) is 86.9 cm³/mol. The summed E-state index contributed by atoms with van der Waals surface area (Å²) in [7, 11) is 3.68. The number of nitrogens with zero attached hydrogens (tertiary/aromatic N) is 1. The number of phenols is 1. The van der Waals surface area contributed by atoms with Gasteiger partial charge in [-0.1, -0.05) is 38.9 Å². The Morgan fingerprint density at radius 1 is 1.20 bits per heavy atom. The summed E-state index contributed by atoms with van der Waals surface area (Å²) in [5.41, 5.74) is 2.29. The van der Waals surface area contributed by atoms with Crippen LogP contribution in [0.25, 0.3) is 0 Å². The third kappa shape index (κ3) is 3.00. The second kappa shape index (κ2) is 6.53. The average molecular weight is 287 g/mol. The molecule has 2 aromatic carbocycles. The second-order valence-corrected chi connectivity index (χ2v) is 5.70. The Hall–Kier alpha value is -1.86. The van der Waals surface area contributed by atoms with Crippen LogP contribution in [0, 0.1) is 6.92 Å². The van der Waals surface area contributed by atoms with E-state index in [0.717, 1.165) is 10.9 Å². The summed E-state index contributed by atoms with van der Waals surface area (Å²) in [6.45, 7) is 2.08. The number of aryl methyl sites for hydroxylation is 1. The molecule has 0 aromatic heterocycles. The van der Waals surface area contributed by atoms with Crippen molar-refractivity contribution in [2.75, 3.05) is 14.2 Å². The molecule has 1 unspecified atom stereocenters. The van der Waals surface area contributed by atoms with Crippen LogP contribution in [0.4, 0.5) is 0 Å². The van der Waals surface area contributed by atoms with Crippen molar-refractivity contribution in [1.29, 1.82) is 0 Å². The minimum atomic E-state index is 0.218. The van der Waals surface area contributed by atoms with Gasteiger partial charge in [-0.15, -0.1) is 0 Å². The zero-order valence-electron chi connectivity index (χ0n) is 11.8. The Kier molecular flexibility index (Phi) is 4.75. The summed E-state index contributed by atoms with van der Waals surface area (Å²) in [6.07, 6.45) is 1.85. The summed E-state index contributed by atoms with van der Waals surface area (Å²) >= 11 is 0. The van der Waals surface area contributed by atoms with E-state index in [0.29, 0.717) is 14.3 Å². The zero-order chi connectivity index (χ0) is 14.5. The SMILES string of the molecule is C/N=C/c1cccc(C)c1Pc1cccc(OC)c1O. The highest BCUT2D eigenvalue weighted by Gasteiger charge is 2.11. The maximum atomic E-state index is 10.2. The predicted octanol–water partition coefficient (Wildman–Crippen LogP) is 2.39. The smallest absolute Gasteiger partial charge is 0.165 e. The van der Waals surface area contributed by atoms with Gasteiger partial charge in [0.15, 0.2) is 11.5 Å². The highest BCUT2D eigenvalue weighted by molar-refractivity contribution is 7.56. The number of aromatic hydroxyl groups is 1. The topological polar surface area (TPSA) is 41.8 Å². The minimum Gasteiger partial charge on any atom is -0.504 e. The van der Waals surface area contributed by atoms with Gasteiger partial charge in [0.05, 0.1) is 7.11 Å². The lowest BCUT2D eigenvalue weighted by atomic mass is 10.1. The van der Waals surface area contributed by atoms with Gasteiger partial charge >= 0.3 is 0 Å². The number of hydrogen-bond acceptors (Lipinski definition) is 3. The summed E-state index contributed by atoms with van der Waals surface area (Å²) in [5.74, 6) is 0.727. The third-order valence-electron chi connectivity index (χ3n) is 3.05. The molecule has 0 amide bonds. The second-order valence-electron chi connectivity index (χ2n) is 4.41. The summed E-state index contributed by atoms with van der Waals surface area (Å²) in [6, 6.07) is 11.7. The van der Waals surface area contributed by atoms with E-state index in [1.807, 2.05) is 30.5 Å². The van der Waals surface area contributed by atoms with Crippen LogP contribution in [-0.2, 0) is 0 Å². The standard InChI is InChI=1S/C16H18NO2P/c1-11-6-4-7-12(10-17-2)16(11)20-14-9-5-8-13(19-3)15(14)18/h4-10,18,20H,1-3H3/b17-10+. The quantitative estimate of drug-likeness (QED) is 0.693. The maximum Gasteiger partial charge on any atom is 0.165 e. The van der Waals surface area contributed by atoms with E-state index < -0.39 is 0 Å². The molecule has 0 heterocycles. The van der Waals surface area contributed by atoms with Crippen LogP contribution >= 0.6 is 8.58 Å². The molecule has 3 nitrogen and oxygen atoms in total. The molecule has 4 heteroatoms. The number of benzene rings is 2. The Labute approximate surface area is 121 Å². The van der Waals surface area contributed by atoms with Crippen LogP contribution < -0.4 is 15.3 Å². The Morgan fingerprint density at radius 3 is 2.65 bits per heavy atom. The number of phenolic OH excluding ortho intramolecular Hbond substituents is 1. The van der Waals surface area contributed by atoms with Crippen LogP contribution in [0.2, 0.25) is 0 Å². The van der Waals surface area contributed by atoms with Gasteiger partial charge in [-0.05, 0) is 23.9 Å². The molecule has 2 rings (SSSR count). The van der Waals surface area contributed by atoms with E-state index in [4.69, 9.17) is 4.74 Å². The molecule has 0 saturated heterocycles. The lowest BCUT2D eigenvalue weighted by molar-refractivity contribution is 0.375. The molecule has 0 aliphatic carbocycles. The van der Waals surface area contributed by atoms with Crippen LogP contribution in [0.3, 0.4) is 0 Å². The summed E-state index contributed by atoms with van der Waals surface area (Å²) < 4.78 is 5.16.